The monoisotopic (exact) mass is 313 g/mol. The van der Waals surface area contributed by atoms with E-state index in [4.69, 9.17) is 4.74 Å². The van der Waals surface area contributed by atoms with Gasteiger partial charge in [0.15, 0.2) is 5.69 Å². The summed E-state index contributed by atoms with van der Waals surface area (Å²) in [5.41, 5.74) is 3.40. The molecule has 5 nitrogen and oxygen atoms in total. The van der Waals surface area contributed by atoms with Gasteiger partial charge in [-0.1, -0.05) is 25.5 Å². The summed E-state index contributed by atoms with van der Waals surface area (Å²) in [6.45, 7) is 6.00. The van der Waals surface area contributed by atoms with E-state index in [2.05, 4.69) is 12.0 Å². The third kappa shape index (κ3) is 2.71. The molecule has 23 heavy (non-hydrogen) atoms. The summed E-state index contributed by atoms with van der Waals surface area (Å²) in [7, 11) is 1.89. The van der Waals surface area contributed by atoms with E-state index in [0.717, 1.165) is 42.0 Å². The quantitative estimate of drug-likeness (QED) is 0.851. The number of ether oxygens (including phenoxy) is 1. The Kier molecular flexibility index (Phi) is 4.37. The molecule has 1 aliphatic heterocycles. The number of amides is 1. The first-order valence-electron chi connectivity index (χ1n) is 8.24. The molecule has 0 N–H and O–H groups in total. The summed E-state index contributed by atoms with van der Waals surface area (Å²) in [6.07, 6.45) is 2.08. The van der Waals surface area contributed by atoms with Crippen LogP contribution in [0.25, 0.3) is 11.3 Å². The number of aryl methyl sites for hydroxylation is 1. The van der Waals surface area contributed by atoms with Crippen LogP contribution in [0.5, 0.6) is 5.75 Å². The van der Waals surface area contributed by atoms with Crippen LogP contribution in [-0.2, 0) is 13.7 Å². The van der Waals surface area contributed by atoms with Crippen LogP contribution in [0, 0.1) is 0 Å². The summed E-state index contributed by atoms with van der Waals surface area (Å²) in [4.78, 5) is 14.7. The number of hydrogen-bond donors (Lipinski definition) is 0. The maximum atomic E-state index is 12.9. The summed E-state index contributed by atoms with van der Waals surface area (Å²) < 4.78 is 7.63. The van der Waals surface area contributed by atoms with Crippen LogP contribution < -0.4 is 4.74 Å². The van der Waals surface area contributed by atoms with Crippen molar-refractivity contribution in [1.82, 2.24) is 14.7 Å². The lowest BCUT2D eigenvalue weighted by Crippen LogP contribution is -2.33. The van der Waals surface area contributed by atoms with E-state index in [-0.39, 0.29) is 5.91 Å². The molecule has 1 aliphatic rings. The Morgan fingerprint density at radius 2 is 2.13 bits per heavy atom. The normalized spacial score (nSPS) is 12.3. The minimum absolute atomic E-state index is 0.000723. The second-order valence-electron chi connectivity index (χ2n) is 5.82. The van der Waals surface area contributed by atoms with Crippen molar-refractivity contribution in [2.24, 2.45) is 7.05 Å². The zero-order chi connectivity index (χ0) is 16.4. The van der Waals surface area contributed by atoms with Crippen LogP contribution in [0.2, 0.25) is 0 Å². The van der Waals surface area contributed by atoms with Gasteiger partial charge in [0.25, 0.3) is 5.91 Å². The van der Waals surface area contributed by atoms with Gasteiger partial charge in [0.1, 0.15) is 12.4 Å². The number of unbranched alkanes of at least 4 members (excludes halogenated alkanes) is 1. The Morgan fingerprint density at radius 1 is 1.35 bits per heavy atom. The predicted molar refractivity (Wildman–Crippen MR) is 89.5 cm³/mol. The fourth-order valence-corrected chi connectivity index (χ4v) is 3.05. The van der Waals surface area contributed by atoms with E-state index in [1.165, 1.54) is 0 Å². The van der Waals surface area contributed by atoms with Crippen molar-refractivity contribution in [3.63, 3.8) is 0 Å². The molecule has 0 fully saturated rings. The van der Waals surface area contributed by atoms with Crippen LogP contribution in [-0.4, -0.2) is 33.7 Å². The Hall–Kier alpha value is -2.30. The molecule has 122 valence electrons. The first-order chi connectivity index (χ1) is 11.2. The average molecular weight is 313 g/mol. The van der Waals surface area contributed by atoms with Crippen LogP contribution >= 0.6 is 0 Å². The molecule has 1 amide bonds. The van der Waals surface area contributed by atoms with E-state index >= 15 is 0 Å². The van der Waals surface area contributed by atoms with Crippen molar-refractivity contribution in [2.75, 3.05) is 13.1 Å². The second-order valence-corrected chi connectivity index (χ2v) is 5.82. The first kappa shape index (κ1) is 15.6. The van der Waals surface area contributed by atoms with Crippen molar-refractivity contribution in [3.8, 4) is 17.0 Å². The molecular weight excluding hydrogens is 290 g/mol. The lowest BCUT2D eigenvalue weighted by Gasteiger charge is -2.21. The van der Waals surface area contributed by atoms with Crippen LogP contribution in [0.1, 0.15) is 42.7 Å². The maximum Gasteiger partial charge on any atom is 0.274 e. The maximum absolute atomic E-state index is 12.9. The molecule has 2 heterocycles. The highest BCUT2D eigenvalue weighted by Gasteiger charge is 2.29. The highest BCUT2D eigenvalue weighted by atomic mass is 16.5. The van der Waals surface area contributed by atoms with Gasteiger partial charge < -0.3 is 9.64 Å². The Labute approximate surface area is 136 Å². The lowest BCUT2D eigenvalue weighted by molar-refractivity contribution is 0.0753. The van der Waals surface area contributed by atoms with Gasteiger partial charge in [-0.3, -0.25) is 9.48 Å². The average Bonchev–Trinajstić information content (AvgIpc) is 2.92. The molecular formula is C18H23N3O2. The van der Waals surface area contributed by atoms with Gasteiger partial charge in [-0.15, -0.1) is 0 Å². The SMILES string of the molecule is CCCCN(CC)C(=O)c1nn(C)c2c1COc1ccccc1-2. The minimum Gasteiger partial charge on any atom is -0.488 e. The summed E-state index contributed by atoms with van der Waals surface area (Å²) >= 11 is 0. The number of hydrogen-bond acceptors (Lipinski definition) is 3. The molecule has 0 atom stereocenters. The van der Waals surface area contributed by atoms with Gasteiger partial charge >= 0.3 is 0 Å². The Bertz CT molecular complexity index is 721. The number of nitrogens with zero attached hydrogens (tertiary/aromatic N) is 3. The molecule has 1 aromatic heterocycles. The molecule has 3 rings (SSSR count). The minimum atomic E-state index is 0.000723. The number of aromatic nitrogens is 2. The van der Waals surface area contributed by atoms with E-state index in [1.807, 2.05) is 43.1 Å². The molecule has 0 saturated carbocycles. The fraction of sp³-hybridized carbons (Fsp3) is 0.444. The van der Waals surface area contributed by atoms with Crippen LogP contribution in [0.3, 0.4) is 0 Å². The highest BCUT2D eigenvalue weighted by Crippen LogP contribution is 2.38. The molecule has 0 saturated heterocycles. The number of para-hydroxylation sites is 1. The largest absolute Gasteiger partial charge is 0.488 e. The van der Waals surface area contributed by atoms with E-state index in [1.54, 1.807) is 4.68 Å². The van der Waals surface area contributed by atoms with Crippen LogP contribution in [0.15, 0.2) is 24.3 Å². The third-order valence-corrected chi connectivity index (χ3v) is 4.31. The highest BCUT2D eigenvalue weighted by molar-refractivity contribution is 5.96. The number of rotatable bonds is 5. The fourth-order valence-electron chi connectivity index (χ4n) is 3.05. The molecule has 1 aromatic carbocycles. The third-order valence-electron chi connectivity index (χ3n) is 4.31. The van der Waals surface area contributed by atoms with Crippen LogP contribution in [0.4, 0.5) is 0 Å². The van der Waals surface area contributed by atoms with E-state index < -0.39 is 0 Å². The van der Waals surface area contributed by atoms with Gasteiger partial charge in [-0.05, 0) is 25.5 Å². The predicted octanol–water partition coefficient (Wildman–Crippen LogP) is 3.24. The molecule has 5 heteroatoms. The van der Waals surface area contributed by atoms with Gasteiger partial charge in [-0.25, -0.2) is 0 Å². The van der Waals surface area contributed by atoms with Gasteiger partial charge in [0, 0.05) is 31.3 Å². The summed E-state index contributed by atoms with van der Waals surface area (Å²) in [5, 5.41) is 4.51. The zero-order valence-electron chi connectivity index (χ0n) is 14.0. The summed E-state index contributed by atoms with van der Waals surface area (Å²) in [5.74, 6) is 0.848. The molecule has 2 aromatic rings. The van der Waals surface area contributed by atoms with Gasteiger partial charge in [0.05, 0.1) is 5.69 Å². The number of fused-ring (bicyclic) bond motifs is 3. The van der Waals surface area contributed by atoms with Crippen molar-refractivity contribution < 1.29 is 9.53 Å². The molecule has 0 unspecified atom stereocenters. The Balaban J connectivity index is 1.99. The van der Waals surface area contributed by atoms with Crippen molar-refractivity contribution >= 4 is 5.91 Å². The smallest absolute Gasteiger partial charge is 0.274 e. The van der Waals surface area contributed by atoms with Gasteiger partial charge in [0.2, 0.25) is 0 Å². The van der Waals surface area contributed by atoms with Crippen molar-refractivity contribution in [1.29, 1.82) is 0 Å². The number of benzene rings is 1. The molecule has 0 spiro atoms. The topological polar surface area (TPSA) is 47.4 Å². The Morgan fingerprint density at radius 3 is 2.87 bits per heavy atom. The standard InChI is InChI=1S/C18H23N3O2/c1-4-6-11-21(5-2)18(22)16-14-12-23-15-10-8-7-9-13(15)17(14)20(3)19-16/h7-10H,4-6,11-12H2,1-3H3. The zero-order valence-corrected chi connectivity index (χ0v) is 14.0. The van der Waals surface area contributed by atoms with Crippen molar-refractivity contribution in [2.45, 2.75) is 33.3 Å². The van der Waals surface area contributed by atoms with E-state index in [9.17, 15) is 4.79 Å². The lowest BCUT2D eigenvalue weighted by atomic mass is 10.0. The van der Waals surface area contributed by atoms with Crippen molar-refractivity contribution in [3.05, 3.63) is 35.5 Å². The first-order valence-corrected chi connectivity index (χ1v) is 8.24. The van der Waals surface area contributed by atoms with Gasteiger partial charge in [-0.2, -0.15) is 5.10 Å². The number of carbonyl (C=O) groups excluding carboxylic acids is 1. The second kappa shape index (κ2) is 6.44. The van der Waals surface area contributed by atoms with E-state index in [0.29, 0.717) is 18.8 Å². The molecule has 0 aliphatic carbocycles. The number of carbonyl (C=O) groups is 1. The molecule has 0 bridgehead atoms. The summed E-state index contributed by atoms with van der Waals surface area (Å²) in [6, 6.07) is 7.89. The molecule has 0 radical (unpaired) electrons.